The second-order valence-corrected chi connectivity index (χ2v) is 5.22. The van der Waals surface area contributed by atoms with Crippen LogP contribution in [0.1, 0.15) is 5.56 Å². The van der Waals surface area contributed by atoms with Gasteiger partial charge in [0.1, 0.15) is 0 Å². The molecule has 0 bridgehead atoms. The number of nitrogens with zero attached hydrogens (tertiary/aromatic N) is 1. The van der Waals surface area contributed by atoms with Gasteiger partial charge in [0.2, 0.25) is 0 Å². The van der Waals surface area contributed by atoms with E-state index >= 15 is 0 Å². The van der Waals surface area contributed by atoms with E-state index in [0.717, 1.165) is 10.6 Å². The minimum absolute atomic E-state index is 0.273. The maximum Gasteiger partial charge on any atom is 0.280 e. The van der Waals surface area contributed by atoms with Gasteiger partial charge >= 0.3 is 0 Å². The minimum Gasteiger partial charge on any atom is -0.267 e. The highest BCUT2D eigenvalue weighted by molar-refractivity contribution is 8.26. The number of carbonyl (C=O) groups excluding carboxylic acids is 1. The van der Waals surface area contributed by atoms with Gasteiger partial charge in [-0.25, -0.2) is 10.9 Å². The lowest BCUT2D eigenvalue weighted by molar-refractivity contribution is -0.122. The van der Waals surface area contributed by atoms with Crippen molar-refractivity contribution in [1.29, 1.82) is 0 Å². The molecule has 1 amide bonds. The summed E-state index contributed by atoms with van der Waals surface area (Å²) in [5.41, 5.74) is 0.887. The average molecular weight is 271 g/mol. The first-order chi connectivity index (χ1) is 7.58. The first kappa shape index (κ1) is 11.6. The molecule has 1 aromatic rings. The fourth-order valence-electron chi connectivity index (χ4n) is 1.19. The Labute approximate surface area is 107 Å². The summed E-state index contributed by atoms with van der Waals surface area (Å²) in [6.45, 7) is 0. The Bertz CT molecular complexity index is 484. The van der Waals surface area contributed by atoms with Crippen LogP contribution >= 0.6 is 35.6 Å². The molecule has 1 heterocycles. The van der Waals surface area contributed by atoms with Crippen LogP contribution in [0.4, 0.5) is 0 Å². The van der Waals surface area contributed by atoms with E-state index in [0.29, 0.717) is 14.2 Å². The summed E-state index contributed by atoms with van der Waals surface area (Å²) in [5, 5.41) is 1.63. The molecule has 2 N–H and O–H groups in total. The first-order valence-corrected chi connectivity index (χ1v) is 5.96. The van der Waals surface area contributed by atoms with E-state index in [-0.39, 0.29) is 5.91 Å². The van der Waals surface area contributed by atoms with Crippen LogP contribution in [0.25, 0.3) is 6.08 Å². The van der Waals surface area contributed by atoms with Gasteiger partial charge in [0.05, 0.1) is 4.91 Å². The number of thiocarbonyl (C=S) groups is 1. The number of halogens is 1. The van der Waals surface area contributed by atoms with Gasteiger partial charge in [-0.3, -0.25) is 4.79 Å². The van der Waals surface area contributed by atoms with Crippen LogP contribution in [-0.4, -0.2) is 15.2 Å². The molecule has 1 aromatic carbocycles. The highest BCUT2D eigenvalue weighted by Gasteiger charge is 2.29. The summed E-state index contributed by atoms with van der Waals surface area (Å²) in [6, 6.07) is 7.17. The number of hydrazine groups is 1. The van der Waals surface area contributed by atoms with Gasteiger partial charge in [0, 0.05) is 5.02 Å². The highest BCUT2D eigenvalue weighted by atomic mass is 35.5. The van der Waals surface area contributed by atoms with Crippen LogP contribution in [0.15, 0.2) is 29.2 Å². The number of hydrogen-bond acceptors (Lipinski definition) is 4. The molecular weight excluding hydrogens is 264 g/mol. The van der Waals surface area contributed by atoms with Crippen LogP contribution in [0, 0.1) is 0 Å². The standard InChI is InChI=1S/C10H7ClN2OS2/c11-7-3-1-6(2-4-7)5-8-9(14)13(12)10(15)16-8/h1-5H,12H2/b8-5-. The Morgan fingerprint density at radius 2 is 2.00 bits per heavy atom. The molecule has 3 nitrogen and oxygen atoms in total. The van der Waals surface area contributed by atoms with Crippen LogP contribution in [0.3, 0.4) is 0 Å². The molecule has 2 rings (SSSR count). The molecule has 0 aromatic heterocycles. The molecular formula is C10H7ClN2OS2. The molecule has 0 saturated carbocycles. The van der Waals surface area contributed by atoms with E-state index in [1.807, 2.05) is 12.1 Å². The molecule has 16 heavy (non-hydrogen) atoms. The van der Waals surface area contributed by atoms with Crippen molar-refractivity contribution in [2.45, 2.75) is 0 Å². The van der Waals surface area contributed by atoms with Gasteiger partial charge < -0.3 is 0 Å². The summed E-state index contributed by atoms with van der Waals surface area (Å²) < 4.78 is 0.366. The van der Waals surface area contributed by atoms with Crippen LogP contribution < -0.4 is 5.84 Å². The zero-order chi connectivity index (χ0) is 11.7. The van der Waals surface area contributed by atoms with E-state index in [1.165, 1.54) is 11.8 Å². The molecule has 82 valence electrons. The molecule has 0 spiro atoms. The van der Waals surface area contributed by atoms with Crippen molar-refractivity contribution in [2.24, 2.45) is 5.84 Å². The van der Waals surface area contributed by atoms with E-state index < -0.39 is 0 Å². The molecule has 0 unspecified atom stereocenters. The fourth-order valence-corrected chi connectivity index (χ4v) is 2.42. The Morgan fingerprint density at radius 3 is 2.50 bits per heavy atom. The second-order valence-electron chi connectivity index (χ2n) is 3.10. The lowest BCUT2D eigenvalue weighted by Crippen LogP contribution is -2.34. The third kappa shape index (κ3) is 2.27. The molecule has 0 radical (unpaired) electrons. The van der Waals surface area contributed by atoms with Gasteiger partial charge in [-0.05, 0) is 23.8 Å². The maximum absolute atomic E-state index is 11.6. The smallest absolute Gasteiger partial charge is 0.267 e. The van der Waals surface area contributed by atoms with Crippen LogP contribution in [0.5, 0.6) is 0 Å². The van der Waals surface area contributed by atoms with Gasteiger partial charge in [0.15, 0.2) is 4.32 Å². The van der Waals surface area contributed by atoms with Crippen molar-refractivity contribution in [3.8, 4) is 0 Å². The highest BCUT2D eigenvalue weighted by Crippen LogP contribution is 2.30. The Hall–Kier alpha value is -0.880. The van der Waals surface area contributed by atoms with E-state index in [2.05, 4.69) is 0 Å². The number of amides is 1. The number of rotatable bonds is 1. The van der Waals surface area contributed by atoms with Crippen LogP contribution in [0.2, 0.25) is 5.02 Å². The molecule has 6 heteroatoms. The number of carbonyl (C=O) groups is 1. The third-order valence-electron chi connectivity index (χ3n) is 1.99. The van der Waals surface area contributed by atoms with Crippen LogP contribution in [-0.2, 0) is 4.79 Å². The minimum atomic E-state index is -0.273. The number of nitrogens with two attached hydrogens (primary N) is 1. The van der Waals surface area contributed by atoms with Crippen molar-refractivity contribution in [1.82, 2.24) is 5.01 Å². The van der Waals surface area contributed by atoms with E-state index in [1.54, 1.807) is 18.2 Å². The van der Waals surface area contributed by atoms with Crippen molar-refractivity contribution in [3.05, 3.63) is 39.8 Å². The summed E-state index contributed by atoms with van der Waals surface area (Å²) >= 11 is 11.9. The predicted octanol–water partition coefficient (Wildman–Crippen LogP) is 2.41. The Morgan fingerprint density at radius 1 is 1.38 bits per heavy atom. The summed E-state index contributed by atoms with van der Waals surface area (Å²) in [5.74, 6) is 5.18. The van der Waals surface area contributed by atoms with E-state index in [4.69, 9.17) is 29.7 Å². The lowest BCUT2D eigenvalue weighted by atomic mass is 10.2. The van der Waals surface area contributed by atoms with E-state index in [9.17, 15) is 4.79 Å². The number of hydrogen-bond donors (Lipinski definition) is 1. The normalized spacial score (nSPS) is 18.6. The first-order valence-electron chi connectivity index (χ1n) is 4.36. The number of thioether (sulfide) groups is 1. The van der Waals surface area contributed by atoms with Crippen molar-refractivity contribution >= 4 is 51.9 Å². The third-order valence-corrected chi connectivity index (χ3v) is 3.57. The molecule has 0 atom stereocenters. The van der Waals surface area contributed by atoms with Crippen molar-refractivity contribution in [2.75, 3.05) is 0 Å². The van der Waals surface area contributed by atoms with Crippen molar-refractivity contribution in [3.63, 3.8) is 0 Å². The topological polar surface area (TPSA) is 46.3 Å². The second kappa shape index (κ2) is 4.55. The molecule has 1 saturated heterocycles. The Kier molecular flexibility index (Phi) is 3.30. The predicted molar refractivity (Wildman–Crippen MR) is 70.7 cm³/mol. The van der Waals surface area contributed by atoms with Gasteiger partial charge in [-0.15, -0.1) is 0 Å². The number of benzene rings is 1. The summed E-state index contributed by atoms with van der Waals surface area (Å²) in [4.78, 5) is 12.1. The monoisotopic (exact) mass is 270 g/mol. The SMILES string of the molecule is NN1C(=O)/C(=C/c2ccc(Cl)cc2)SC1=S. The quantitative estimate of drug-likeness (QED) is 0.368. The lowest BCUT2D eigenvalue weighted by Gasteiger charge is -2.02. The van der Waals surface area contributed by atoms with Gasteiger partial charge in [0.25, 0.3) is 5.91 Å². The molecule has 0 aliphatic carbocycles. The van der Waals surface area contributed by atoms with Crippen molar-refractivity contribution < 1.29 is 4.79 Å². The fraction of sp³-hybridized carbons (Fsp3) is 0. The summed E-state index contributed by atoms with van der Waals surface area (Å²) in [7, 11) is 0. The molecule has 1 aliphatic heterocycles. The zero-order valence-corrected chi connectivity index (χ0v) is 10.4. The Balaban J connectivity index is 2.29. The molecule has 1 fully saturated rings. The van der Waals surface area contributed by atoms with Gasteiger partial charge in [-0.1, -0.05) is 47.7 Å². The zero-order valence-electron chi connectivity index (χ0n) is 8.01. The van der Waals surface area contributed by atoms with Gasteiger partial charge in [-0.2, -0.15) is 0 Å². The maximum atomic E-state index is 11.6. The molecule has 1 aliphatic rings. The largest absolute Gasteiger partial charge is 0.280 e. The summed E-state index contributed by atoms with van der Waals surface area (Å²) in [6.07, 6.45) is 1.74. The average Bonchev–Trinajstić information content (AvgIpc) is 2.50.